The number of nitrogens with two attached hydrogens (primary N) is 1. The highest BCUT2D eigenvalue weighted by atomic mass is 16.5. The summed E-state index contributed by atoms with van der Waals surface area (Å²) < 4.78 is 5.39. The normalized spacial score (nSPS) is 13.8. The number of rotatable bonds is 1. The Balaban J connectivity index is 2.07. The van der Waals surface area contributed by atoms with Crippen molar-refractivity contribution in [1.29, 1.82) is 0 Å². The van der Waals surface area contributed by atoms with Gasteiger partial charge >= 0.3 is 0 Å². The molecule has 1 aliphatic heterocycles. The first-order valence-corrected chi connectivity index (χ1v) is 5.24. The predicted molar refractivity (Wildman–Crippen MR) is 62.6 cm³/mol. The van der Waals surface area contributed by atoms with E-state index in [9.17, 15) is 0 Å². The van der Waals surface area contributed by atoms with Gasteiger partial charge in [0.25, 0.3) is 0 Å². The van der Waals surface area contributed by atoms with Gasteiger partial charge in [0, 0.05) is 6.20 Å². The number of nitrogen functional groups attached to an aromatic ring is 1. The fourth-order valence-corrected chi connectivity index (χ4v) is 1.98. The number of hydrogen-bond donors (Lipinski definition) is 1. The Morgan fingerprint density at radius 3 is 2.69 bits per heavy atom. The summed E-state index contributed by atoms with van der Waals surface area (Å²) in [5.41, 5.74) is 10.5. The van der Waals surface area contributed by atoms with E-state index >= 15 is 0 Å². The Hall–Kier alpha value is -1.87. The van der Waals surface area contributed by atoms with E-state index in [-0.39, 0.29) is 0 Å². The minimum absolute atomic E-state index is 0.550. The number of aromatic nitrogens is 1. The van der Waals surface area contributed by atoms with Gasteiger partial charge in [0.15, 0.2) is 0 Å². The maximum Gasteiger partial charge on any atom is 0.123 e. The van der Waals surface area contributed by atoms with E-state index in [4.69, 9.17) is 10.5 Å². The summed E-state index contributed by atoms with van der Waals surface area (Å²) in [5, 5.41) is 0. The third-order valence-corrected chi connectivity index (χ3v) is 2.84. The van der Waals surface area contributed by atoms with Crippen molar-refractivity contribution >= 4 is 5.82 Å². The Kier molecular flexibility index (Phi) is 2.11. The van der Waals surface area contributed by atoms with Gasteiger partial charge in [-0.1, -0.05) is 12.1 Å². The maximum absolute atomic E-state index is 5.67. The van der Waals surface area contributed by atoms with Gasteiger partial charge < -0.3 is 10.5 Å². The Labute approximate surface area is 93.9 Å². The first kappa shape index (κ1) is 9.36. The fourth-order valence-electron chi connectivity index (χ4n) is 1.98. The van der Waals surface area contributed by atoms with Crippen molar-refractivity contribution in [2.24, 2.45) is 0 Å². The molecule has 3 rings (SSSR count). The van der Waals surface area contributed by atoms with Gasteiger partial charge in [0.2, 0.25) is 0 Å². The number of ether oxygens (including phenoxy) is 1. The molecule has 0 radical (unpaired) electrons. The molecule has 0 unspecified atom stereocenters. The molecule has 0 spiro atoms. The summed E-state index contributed by atoms with van der Waals surface area (Å²) in [5.74, 6) is 0.550. The second-order valence-electron chi connectivity index (χ2n) is 3.95. The first-order valence-electron chi connectivity index (χ1n) is 5.24. The van der Waals surface area contributed by atoms with Crippen molar-refractivity contribution in [2.75, 3.05) is 5.73 Å². The molecule has 80 valence electrons. The minimum atomic E-state index is 0.550. The monoisotopic (exact) mass is 212 g/mol. The topological polar surface area (TPSA) is 48.1 Å². The average molecular weight is 212 g/mol. The predicted octanol–water partition coefficient (Wildman–Crippen LogP) is 2.36. The highest BCUT2D eigenvalue weighted by Gasteiger charge is 2.11. The molecular weight excluding hydrogens is 200 g/mol. The standard InChI is InChI=1S/C13H12N2O/c14-13-6-10(3-4-15-13)9-1-2-11-7-16-8-12(11)5-9/h1-6H,7-8H2,(H2,14,15). The number of nitrogens with zero attached hydrogens (tertiary/aromatic N) is 1. The Morgan fingerprint density at radius 1 is 1.00 bits per heavy atom. The van der Waals surface area contributed by atoms with Gasteiger partial charge in [-0.2, -0.15) is 0 Å². The van der Waals surface area contributed by atoms with Crippen molar-refractivity contribution < 1.29 is 4.74 Å². The third kappa shape index (κ3) is 1.55. The average Bonchev–Trinajstić information content (AvgIpc) is 2.75. The number of benzene rings is 1. The molecule has 1 aromatic carbocycles. The molecule has 2 N–H and O–H groups in total. The van der Waals surface area contributed by atoms with Crippen LogP contribution in [0, 0.1) is 0 Å². The molecule has 0 bridgehead atoms. The van der Waals surface area contributed by atoms with Crippen LogP contribution < -0.4 is 5.73 Å². The van der Waals surface area contributed by atoms with Gasteiger partial charge in [-0.05, 0) is 40.5 Å². The molecule has 3 heteroatoms. The van der Waals surface area contributed by atoms with Crippen LogP contribution in [-0.4, -0.2) is 4.98 Å². The zero-order valence-corrected chi connectivity index (χ0v) is 8.81. The lowest BCUT2D eigenvalue weighted by Gasteiger charge is -2.04. The molecular formula is C13H12N2O. The molecule has 0 saturated heterocycles. The summed E-state index contributed by atoms with van der Waals surface area (Å²) in [6.07, 6.45) is 1.73. The van der Waals surface area contributed by atoms with Crippen LogP contribution >= 0.6 is 0 Å². The molecule has 2 aromatic rings. The number of hydrogen-bond acceptors (Lipinski definition) is 3. The van der Waals surface area contributed by atoms with Crippen LogP contribution in [0.1, 0.15) is 11.1 Å². The van der Waals surface area contributed by atoms with Gasteiger partial charge in [-0.3, -0.25) is 0 Å². The zero-order valence-electron chi connectivity index (χ0n) is 8.81. The Bertz CT molecular complexity index is 537. The van der Waals surface area contributed by atoms with E-state index in [0.717, 1.165) is 12.2 Å². The van der Waals surface area contributed by atoms with Crippen LogP contribution in [0.2, 0.25) is 0 Å². The maximum atomic E-state index is 5.67. The molecule has 0 aliphatic carbocycles. The summed E-state index contributed by atoms with van der Waals surface area (Å²) >= 11 is 0. The lowest BCUT2D eigenvalue weighted by atomic mass is 10.0. The first-order chi connectivity index (χ1) is 7.83. The zero-order chi connectivity index (χ0) is 11.0. The van der Waals surface area contributed by atoms with Gasteiger partial charge in [-0.15, -0.1) is 0 Å². The van der Waals surface area contributed by atoms with E-state index in [1.165, 1.54) is 16.7 Å². The molecule has 0 fully saturated rings. The largest absolute Gasteiger partial charge is 0.384 e. The van der Waals surface area contributed by atoms with E-state index < -0.39 is 0 Å². The molecule has 16 heavy (non-hydrogen) atoms. The van der Waals surface area contributed by atoms with Gasteiger partial charge in [-0.25, -0.2) is 4.98 Å². The molecule has 3 nitrogen and oxygen atoms in total. The smallest absolute Gasteiger partial charge is 0.123 e. The molecule has 0 saturated carbocycles. The van der Waals surface area contributed by atoms with Crippen LogP contribution in [0.4, 0.5) is 5.82 Å². The summed E-state index contributed by atoms with van der Waals surface area (Å²) in [6.45, 7) is 1.44. The SMILES string of the molecule is Nc1cc(-c2ccc3c(c2)COC3)ccn1. The van der Waals surface area contributed by atoms with Gasteiger partial charge in [0.1, 0.15) is 5.82 Å². The number of pyridine rings is 1. The number of anilines is 1. The van der Waals surface area contributed by atoms with Crippen LogP contribution in [0.15, 0.2) is 36.5 Å². The Morgan fingerprint density at radius 2 is 1.81 bits per heavy atom. The quantitative estimate of drug-likeness (QED) is 0.789. The molecule has 0 atom stereocenters. The van der Waals surface area contributed by atoms with Gasteiger partial charge in [0.05, 0.1) is 13.2 Å². The van der Waals surface area contributed by atoms with Crippen molar-refractivity contribution in [2.45, 2.75) is 13.2 Å². The highest BCUT2D eigenvalue weighted by Crippen LogP contribution is 2.27. The fraction of sp³-hybridized carbons (Fsp3) is 0.154. The van der Waals surface area contributed by atoms with Crippen molar-refractivity contribution in [3.05, 3.63) is 47.7 Å². The lowest BCUT2D eigenvalue weighted by molar-refractivity contribution is 0.134. The van der Waals surface area contributed by atoms with Crippen LogP contribution in [-0.2, 0) is 18.0 Å². The van der Waals surface area contributed by atoms with Crippen LogP contribution in [0.5, 0.6) is 0 Å². The minimum Gasteiger partial charge on any atom is -0.384 e. The van der Waals surface area contributed by atoms with Crippen molar-refractivity contribution in [3.63, 3.8) is 0 Å². The summed E-state index contributed by atoms with van der Waals surface area (Å²) in [7, 11) is 0. The second-order valence-corrected chi connectivity index (χ2v) is 3.95. The third-order valence-electron chi connectivity index (χ3n) is 2.84. The molecule has 1 aromatic heterocycles. The lowest BCUT2D eigenvalue weighted by Crippen LogP contribution is -1.90. The molecule has 2 heterocycles. The summed E-state index contributed by atoms with van der Waals surface area (Å²) in [6, 6.07) is 10.2. The molecule has 0 amide bonds. The number of fused-ring (bicyclic) bond motifs is 1. The van der Waals surface area contributed by atoms with Crippen LogP contribution in [0.25, 0.3) is 11.1 Å². The summed E-state index contributed by atoms with van der Waals surface area (Å²) in [4.78, 5) is 3.99. The van der Waals surface area contributed by atoms with Crippen LogP contribution in [0.3, 0.4) is 0 Å². The van der Waals surface area contributed by atoms with E-state index in [1.807, 2.05) is 12.1 Å². The van der Waals surface area contributed by atoms with E-state index in [2.05, 4.69) is 23.2 Å². The van der Waals surface area contributed by atoms with E-state index in [1.54, 1.807) is 6.20 Å². The van der Waals surface area contributed by atoms with E-state index in [0.29, 0.717) is 12.4 Å². The molecule has 1 aliphatic rings. The highest BCUT2D eigenvalue weighted by molar-refractivity contribution is 5.67. The van der Waals surface area contributed by atoms with Crippen molar-refractivity contribution in [3.8, 4) is 11.1 Å². The second kappa shape index (κ2) is 3.61. The van der Waals surface area contributed by atoms with Crippen molar-refractivity contribution in [1.82, 2.24) is 4.98 Å².